The fourth-order valence-corrected chi connectivity index (χ4v) is 1.69. The highest BCUT2D eigenvalue weighted by molar-refractivity contribution is 6.01. The summed E-state index contributed by atoms with van der Waals surface area (Å²) in [5.41, 5.74) is 2.43. The number of benzene rings is 1. The molecule has 0 saturated carbocycles. The topological polar surface area (TPSA) is 51.2 Å². The van der Waals surface area contributed by atoms with E-state index in [1.54, 1.807) is 6.92 Å². The Kier molecular flexibility index (Phi) is 3.58. The first-order valence-electron chi connectivity index (χ1n) is 5.82. The SMILES string of the molecule is COC(C)C(=O)Nc1cccc2ccc(C)nc12. The fourth-order valence-electron chi connectivity index (χ4n) is 1.69. The fraction of sp³-hybridized carbons (Fsp3) is 0.286. The van der Waals surface area contributed by atoms with E-state index in [1.807, 2.05) is 37.3 Å². The molecule has 4 nitrogen and oxygen atoms in total. The van der Waals surface area contributed by atoms with E-state index in [0.29, 0.717) is 5.69 Å². The molecular formula is C14H16N2O2. The number of fused-ring (bicyclic) bond motifs is 1. The van der Waals surface area contributed by atoms with Gasteiger partial charge in [0, 0.05) is 18.2 Å². The van der Waals surface area contributed by atoms with Crippen molar-refractivity contribution in [1.29, 1.82) is 0 Å². The molecule has 0 aliphatic rings. The molecule has 1 heterocycles. The van der Waals surface area contributed by atoms with Gasteiger partial charge in [-0.3, -0.25) is 9.78 Å². The molecule has 0 aliphatic heterocycles. The van der Waals surface area contributed by atoms with Crippen molar-refractivity contribution in [3.8, 4) is 0 Å². The second kappa shape index (κ2) is 5.14. The van der Waals surface area contributed by atoms with E-state index in [0.717, 1.165) is 16.6 Å². The maximum absolute atomic E-state index is 11.8. The molecule has 0 saturated heterocycles. The number of nitrogens with zero attached hydrogens (tertiary/aromatic N) is 1. The second-order valence-electron chi connectivity index (χ2n) is 4.20. The molecule has 1 amide bonds. The molecule has 0 radical (unpaired) electrons. The zero-order valence-electron chi connectivity index (χ0n) is 10.7. The first kappa shape index (κ1) is 12.5. The lowest BCUT2D eigenvalue weighted by molar-refractivity contribution is -0.124. The van der Waals surface area contributed by atoms with Crippen molar-refractivity contribution in [1.82, 2.24) is 4.98 Å². The zero-order chi connectivity index (χ0) is 13.1. The number of hydrogen-bond acceptors (Lipinski definition) is 3. The molecular weight excluding hydrogens is 228 g/mol. The number of anilines is 1. The Morgan fingerprint density at radius 1 is 1.33 bits per heavy atom. The van der Waals surface area contributed by atoms with Gasteiger partial charge in [-0.05, 0) is 26.0 Å². The van der Waals surface area contributed by atoms with Gasteiger partial charge in [0.25, 0.3) is 5.91 Å². The molecule has 18 heavy (non-hydrogen) atoms. The van der Waals surface area contributed by atoms with Crippen LogP contribution in [0.25, 0.3) is 10.9 Å². The zero-order valence-corrected chi connectivity index (χ0v) is 10.7. The summed E-state index contributed by atoms with van der Waals surface area (Å²) in [5.74, 6) is -0.173. The number of nitrogens with one attached hydrogen (secondary N) is 1. The Labute approximate surface area is 106 Å². The molecule has 2 rings (SSSR count). The van der Waals surface area contributed by atoms with Crippen LogP contribution in [0.5, 0.6) is 0 Å². The highest BCUT2D eigenvalue weighted by Gasteiger charge is 2.13. The van der Waals surface area contributed by atoms with Gasteiger partial charge in [0.15, 0.2) is 0 Å². The van der Waals surface area contributed by atoms with Crippen LogP contribution in [0.1, 0.15) is 12.6 Å². The van der Waals surface area contributed by atoms with Crippen molar-refractivity contribution >= 4 is 22.5 Å². The summed E-state index contributed by atoms with van der Waals surface area (Å²) >= 11 is 0. The smallest absolute Gasteiger partial charge is 0.253 e. The lowest BCUT2D eigenvalue weighted by atomic mass is 10.1. The Balaban J connectivity index is 2.39. The van der Waals surface area contributed by atoms with Crippen LogP contribution in [-0.4, -0.2) is 24.1 Å². The molecule has 1 N–H and O–H groups in total. The van der Waals surface area contributed by atoms with Gasteiger partial charge < -0.3 is 10.1 Å². The van der Waals surface area contributed by atoms with Gasteiger partial charge in [-0.25, -0.2) is 0 Å². The van der Waals surface area contributed by atoms with E-state index in [2.05, 4.69) is 10.3 Å². The molecule has 1 atom stereocenters. The van der Waals surface area contributed by atoms with Crippen molar-refractivity contribution in [2.75, 3.05) is 12.4 Å². The maximum Gasteiger partial charge on any atom is 0.253 e. The average molecular weight is 244 g/mol. The molecule has 0 aliphatic carbocycles. The molecule has 1 aromatic heterocycles. The van der Waals surface area contributed by atoms with Gasteiger partial charge >= 0.3 is 0 Å². The molecule has 0 bridgehead atoms. The average Bonchev–Trinajstić information content (AvgIpc) is 2.38. The monoisotopic (exact) mass is 244 g/mol. The van der Waals surface area contributed by atoms with Crippen LogP contribution in [0.2, 0.25) is 0 Å². The van der Waals surface area contributed by atoms with Crippen molar-refractivity contribution in [2.24, 2.45) is 0 Å². The third-order valence-electron chi connectivity index (χ3n) is 2.84. The molecule has 1 aromatic carbocycles. The van der Waals surface area contributed by atoms with Crippen LogP contribution in [0, 0.1) is 6.92 Å². The predicted molar refractivity (Wildman–Crippen MR) is 71.6 cm³/mol. The number of methoxy groups -OCH3 is 1. The van der Waals surface area contributed by atoms with E-state index in [-0.39, 0.29) is 5.91 Å². The first-order valence-corrected chi connectivity index (χ1v) is 5.82. The van der Waals surface area contributed by atoms with Gasteiger partial charge in [-0.2, -0.15) is 0 Å². The maximum atomic E-state index is 11.8. The van der Waals surface area contributed by atoms with Crippen LogP contribution in [0.3, 0.4) is 0 Å². The van der Waals surface area contributed by atoms with Crippen LogP contribution in [0.15, 0.2) is 30.3 Å². The van der Waals surface area contributed by atoms with Gasteiger partial charge in [0.1, 0.15) is 6.10 Å². The van der Waals surface area contributed by atoms with E-state index in [9.17, 15) is 4.79 Å². The molecule has 1 unspecified atom stereocenters. The molecule has 94 valence electrons. The molecule has 0 fully saturated rings. The predicted octanol–water partition coefficient (Wildman–Crippen LogP) is 2.52. The minimum atomic E-state index is -0.481. The second-order valence-corrected chi connectivity index (χ2v) is 4.20. The summed E-state index contributed by atoms with van der Waals surface area (Å²) < 4.78 is 4.99. The van der Waals surface area contributed by atoms with Gasteiger partial charge in [-0.1, -0.05) is 18.2 Å². The third kappa shape index (κ3) is 2.49. The van der Waals surface area contributed by atoms with Crippen molar-refractivity contribution in [3.63, 3.8) is 0 Å². The summed E-state index contributed by atoms with van der Waals surface area (Å²) in [5, 5.41) is 3.84. The number of para-hydroxylation sites is 1. The van der Waals surface area contributed by atoms with Gasteiger partial charge in [0.05, 0.1) is 11.2 Å². The third-order valence-corrected chi connectivity index (χ3v) is 2.84. The number of hydrogen-bond donors (Lipinski definition) is 1. The Morgan fingerprint density at radius 2 is 2.11 bits per heavy atom. The molecule has 2 aromatic rings. The van der Waals surface area contributed by atoms with Gasteiger partial charge in [-0.15, -0.1) is 0 Å². The standard InChI is InChI=1S/C14H16N2O2/c1-9-7-8-11-5-4-6-12(13(11)15-9)16-14(17)10(2)18-3/h4-8,10H,1-3H3,(H,16,17). The van der Waals surface area contributed by atoms with Gasteiger partial charge in [0.2, 0.25) is 0 Å². The summed E-state index contributed by atoms with van der Waals surface area (Å²) in [6, 6.07) is 9.65. The van der Waals surface area contributed by atoms with Crippen LogP contribution in [0.4, 0.5) is 5.69 Å². The highest BCUT2D eigenvalue weighted by Crippen LogP contribution is 2.21. The number of pyridine rings is 1. The van der Waals surface area contributed by atoms with E-state index >= 15 is 0 Å². The van der Waals surface area contributed by atoms with E-state index in [4.69, 9.17) is 4.74 Å². The van der Waals surface area contributed by atoms with Crippen LogP contribution in [-0.2, 0) is 9.53 Å². The van der Waals surface area contributed by atoms with E-state index < -0.39 is 6.10 Å². The Morgan fingerprint density at radius 3 is 2.83 bits per heavy atom. The number of aromatic nitrogens is 1. The number of amides is 1. The largest absolute Gasteiger partial charge is 0.372 e. The molecule has 4 heteroatoms. The summed E-state index contributed by atoms with van der Waals surface area (Å²) in [7, 11) is 1.51. The number of aryl methyl sites for hydroxylation is 1. The number of ether oxygens (including phenoxy) is 1. The number of carbonyl (C=O) groups is 1. The summed E-state index contributed by atoms with van der Waals surface area (Å²) in [6.07, 6.45) is -0.481. The highest BCUT2D eigenvalue weighted by atomic mass is 16.5. The lowest BCUT2D eigenvalue weighted by Gasteiger charge is -2.12. The lowest BCUT2D eigenvalue weighted by Crippen LogP contribution is -2.26. The number of rotatable bonds is 3. The Bertz CT molecular complexity index is 581. The molecule has 0 spiro atoms. The first-order chi connectivity index (χ1) is 8.61. The number of carbonyl (C=O) groups excluding carboxylic acids is 1. The van der Waals surface area contributed by atoms with Crippen LogP contribution < -0.4 is 5.32 Å². The summed E-state index contributed by atoms with van der Waals surface area (Å²) in [6.45, 7) is 3.63. The normalized spacial score (nSPS) is 12.4. The minimum Gasteiger partial charge on any atom is -0.372 e. The minimum absolute atomic E-state index is 0.173. The van der Waals surface area contributed by atoms with Crippen molar-refractivity contribution in [3.05, 3.63) is 36.0 Å². The quantitative estimate of drug-likeness (QED) is 0.902. The van der Waals surface area contributed by atoms with E-state index in [1.165, 1.54) is 7.11 Å². The van der Waals surface area contributed by atoms with Crippen molar-refractivity contribution < 1.29 is 9.53 Å². The van der Waals surface area contributed by atoms with Crippen LogP contribution >= 0.6 is 0 Å². The Hall–Kier alpha value is -1.94. The summed E-state index contributed by atoms with van der Waals surface area (Å²) in [4.78, 5) is 16.3. The van der Waals surface area contributed by atoms with Crippen molar-refractivity contribution in [2.45, 2.75) is 20.0 Å².